The van der Waals surface area contributed by atoms with Gasteiger partial charge in [-0.25, -0.2) is 4.79 Å². The Hall–Kier alpha value is -1.56. The van der Waals surface area contributed by atoms with E-state index < -0.39 is 0 Å². The zero-order valence-electron chi connectivity index (χ0n) is 13.7. The van der Waals surface area contributed by atoms with Crippen LogP contribution in [0.5, 0.6) is 0 Å². The summed E-state index contributed by atoms with van der Waals surface area (Å²) < 4.78 is 4.85. The minimum atomic E-state index is -0.159. The number of aryl methyl sites for hydroxylation is 1. The van der Waals surface area contributed by atoms with Crippen LogP contribution >= 0.6 is 11.3 Å². The Labute approximate surface area is 141 Å². The van der Waals surface area contributed by atoms with Gasteiger partial charge < -0.3 is 15.0 Å². The standard InChI is InChI=1S/C17H24N2O3S/c1-11-10-19(8-6-12(11)16(20)22-2)17(21)18-14-4-3-5-15-13(14)7-9-23-15/h7,9,11-12,14H,3-6,8,10H2,1-2H3,(H,18,21)/t11-,12-,14+/m1/s1. The predicted octanol–water partition coefficient (Wildman–Crippen LogP) is 2.97. The maximum Gasteiger partial charge on any atom is 0.317 e. The minimum absolute atomic E-state index is 0.00999. The summed E-state index contributed by atoms with van der Waals surface area (Å²) in [6.07, 6.45) is 3.93. The Morgan fingerprint density at radius 1 is 1.39 bits per heavy atom. The van der Waals surface area contributed by atoms with Gasteiger partial charge in [0.15, 0.2) is 0 Å². The number of fused-ring (bicyclic) bond motifs is 1. The van der Waals surface area contributed by atoms with Gasteiger partial charge in [-0.15, -0.1) is 11.3 Å². The molecule has 3 atom stereocenters. The average Bonchev–Trinajstić information content (AvgIpc) is 3.03. The van der Waals surface area contributed by atoms with Crippen LogP contribution in [0.4, 0.5) is 4.79 Å². The van der Waals surface area contributed by atoms with Crippen LogP contribution in [-0.4, -0.2) is 37.1 Å². The van der Waals surface area contributed by atoms with Gasteiger partial charge in [-0.3, -0.25) is 4.79 Å². The number of piperidine rings is 1. The van der Waals surface area contributed by atoms with Gasteiger partial charge in [-0.1, -0.05) is 6.92 Å². The fourth-order valence-electron chi connectivity index (χ4n) is 3.71. The third-order valence-electron chi connectivity index (χ3n) is 5.05. The number of carbonyl (C=O) groups is 2. The molecule has 1 saturated heterocycles. The van der Waals surface area contributed by atoms with Gasteiger partial charge in [0.2, 0.25) is 0 Å². The van der Waals surface area contributed by atoms with E-state index in [1.54, 1.807) is 11.3 Å². The second-order valence-electron chi connectivity index (χ2n) is 6.54. The van der Waals surface area contributed by atoms with Gasteiger partial charge in [0.05, 0.1) is 19.1 Å². The number of hydrogen-bond acceptors (Lipinski definition) is 4. The quantitative estimate of drug-likeness (QED) is 0.845. The number of nitrogens with one attached hydrogen (secondary N) is 1. The van der Waals surface area contributed by atoms with E-state index in [9.17, 15) is 9.59 Å². The summed E-state index contributed by atoms with van der Waals surface area (Å²) in [7, 11) is 1.43. The number of carbonyl (C=O) groups excluding carboxylic acids is 2. The van der Waals surface area contributed by atoms with Crippen molar-refractivity contribution in [3.63, 3.8) is 0 Å². The number of likely N-dealkylation sites (tertiary alicyclic amines) is 1. The Morgan fingerprint density at radius 3 is 2.96 bits per heavy atom. The lowest BCUT2D eigenvalue weighted by Gasteiger charge is -2.36. The van der Waals surface area contributed by atoms with Crippen LogP contribution in [0.25, 0.3) is 0 Å². The lowest BCUT2D eigenvalue weighted by atomic mass is 9.87. The van der Waals surface area contributed by atoms with Crippen LogP contribution in [0.15, 0.2) is 11.4 Å². The average molecular weight is 336 g/mol. The highest BCUT2D eigenvalue weighted by Gasteiger charge is 2.34. The monoisotopic (exact) mass is 336 g/mol. The molecule has 0 unspecified atom stereocenters. The lowest BCUT2D eigenvalue weighted by molar-refractivity contribution is -0.148. The number of ether oxygens (including phenoxy) is 1. The molecule has 23 heavy (non-hydrogen) atoms. The molecule has 1 N–H and O–H groups in total. The molecule has 1 aromatic rings. The van der Waals surface area contributed by atoms with E-state index in [1.807, 2.05) is 11.8 Å². The molecule has 0 spiro atoms. The molecule has 126 valence electrons. The molecule has 0 aromatic carbocycles. The first kappa shape index (κ1) is 16.3. The molecular weight excluding hydrogens is 312 g/mol. The van der Waals surface area contributed by atoms with Crippen LogP contribution in [-0.2, 0) is 16.0 Å². The second kappa shape index (κ2) is 6.91. The van der Waals surface area contributed by atoms with Crippen molar-refractivity contribution in [3.8, 4) is 0 Å². The van der Waals surface area contributed by atoms with Crippen molar-refractivity contribution in [2.24, 2.45) is 11.8 Å². The molecule has 2 heterocycles. The molecule has 6 heteroatoms. The molecule has 3 rings (SSSR count). The summed E-state index contributed by atoms with van der Waals surface area (Å²) in [5.41, 5.74) is 1.28. The number of urea groups is 1. The first-order valence-corrected chi connectivity index (χ1v) is 9.17. The van der Waals surface area contributed by atoms with Gasteiger partial charge >= 0.3 is 12.0 Å². The van der Waals surface area contributed by atoms with E-state index >= 15 is 0 Å². The van der Waals surface area contributed by atoms with Gasteiger partial charge in [-0.2, -0.15) is 0 Å². The maximum absolute atomic E-state index is 12.6. The van der Waals surface area contributed by atoms with Crippen molar-refractivity contribution in [2.75, 3.05) is 20.2 Å². The zero-order chi connectivity index (χ0) is 16.4. The molecule has 1 aromatic heterocycles. The molecule has 5 nitrogen and oxygen atoms in total. The van der Waals surface area contributed by atoms with Gasteiger partial charge in [0.25, 0.3) is 0 Å². The van der Waals surface area contributed by atoms with E-state index in [-0.39, 0.29) is 29.9 Å². The number of nitrogens with zero attached hydrogens (tertiary/aromatic N) is 1. The number of amides is 2. The molecular formula is C17H24N2O3S. The molecule has 0 saturated carbocycles. The lowest BCUT2D eigenvalue weighted by Crippen LogP contribution is -2.49. The number of thiophene rings is 1. The van der Waals surface area contributed by atoms with Crippen molar-refractivity contribution >= 4 is 23.3 Å². The van der Waals surface area contributed by atoms with Crippen LogP contribution in [0.3, 0.4) is 0 Å². The van der Waals surface area contributed by atoms with Gasteiger partial charge in [0.1, 0.15) is 0 Å². The van der Waals surface area contributed by atoms with Crippen molar-refractivity contribution in [1.29, 1.82) is 0 Å². The summed E-state index contributed by atoms with van der Waals surface area (Å²) in [6, 6.07) is 2.26. The highest BCUT2D eigenvalue weighted by molar-refractivity contribution is 7.10. The van der Waals surface area contributed by atoms with E-state index in [1.165, 1.54) is 17.6 Å². The number of rotatable bonds is 2. The van der Waals surface area contributed by atoms with E-state index in [0.29, 0.717) is 19.5 Å². The molecule has 2 aliphatic rings. The van der Waals surface area contributed by atoms with Crippen LogP contribution in [0.1, 0.15) is 42.7 Å². The summed E-state index contributed by atoms with van der Waals surface area (Å²) in [6.45, 7) is 3.23. The summed E-state index contributed by atoms with van der Waals surface area (Å²) in [4.78, 5) is 27.6. The van der Waals surface area contributed by atoms with Crippen LogP contribution < -0.4 is 5.32 Å². The Bertz CT molecular complexity index is 586. The second-order valence-corrected chi connectivity index (χ2v) is 7.54. The first-order valence-electron chi connectivity index (χ1n) is 8.29. The van der Waals surface area contributed by atoms with Crippen molar-refractivity contribution in [1.82, 2.24) is 10.2 Å². The SMILES string of the molecule is COC(=O)[C@@H]1CCN(C(=O)N[C@H]2CCCc3sccc32)C[C@H]1C. The molecule has 1 aliphatic carbocycles. The van der Waals surface area contributed by atoms with Crippen molar-refractivity contribution < 1.29 is 14.3 Å². The molecule has 0 radical (unpaired) electrons. The minimum Gasteiger partial charge on any atom is -0.469 e. The van der Waals surface area contributed by atoms with Crippen molar-refractivity contribution in [3.05, 3.63) is 21.9 Å². The number of methoxy groups -OCH3 is 1. The maximum atomic E-state index is 12.6. The molecule has 2 amide bonds. The van der Waals surface area contributed by atoms with Crippen molar-refractivity contribution in [2.45, 2.75) is 38.6 Å². The third kappa shape index (κ3) is 3.37. The topological polar surface area (TPSA) is 58.6 Å². The van der Waals surface area contributed by atoms with Crippen LogP contribution in [0, 0.1) is 11.8 Å². The number of esters is 1. The third-order valence-corrected chi connectivity index (χ3v) is 6.04. The normalized spacial score (nSPS) is 27.2. The fraction of sp³-hybridized carbons (Fsp3) is 0.647. The predicted molar refractivity (Wildman–Crippen MR) is 89.4 cm³/mol. The fourth-order valence-corrected chi connectivity index (χ4v) is 4.70. The number of hydrogen-bond donors (Lipinski definition) is 1. The summed E-state index contributed by atoms with van der Waals surface area (Å²) in [5.74, 6) is -0.125. The zero-order valence-corrected chi connectivity index (χ0v) is 14.5. The van der Waals surface area contributed by atoms with Gasteiger partial charge in [0, 0.05) is 18.0 Å². The van der Waals surface area contributed by atoms with E-state index in [4.69, 9.17) is 4.74 Å². The highest BCUT2D eigenvalue weighted by atomic mass is 32.1. The Morgan fingerprint density at radius 2 is 2.22 bits per heavy atom. The van der Waals surface area contributed by atoms with Crippen LogP contribution in [0.2, 0.25) is 0 Å². The van der Waals surface area contributed by atoms with E-state index in [2.05, 4.69) is 16.8 Å². The Kier molecular flexibility index (Phi) is 4.90. The first-order chi connectivity index (χ1) is 11.1. The molecule has 1 fully saturated rings. The largest absolute Gasteiger partial charge is 0.469 e. The summed E-state index contributed by atoms with van der Waals surface area (Å²) in [5, 5.41) is 5.30. The smallest absolute Gasteiger partial charge is 0.317 e. The summed E-state index contributed by atoms with van der Waals surface area (Å²) >= 11 is 1.78. The Balaban J connectivity index is 1.59. The van der Waals surface area contributed by atoms with Gasteiger partial charge in [-0.05, 0) is 48.6 Å². The highest BCUT2D eigenvalue weighted by Crippen LogP contribution is 2.33. The van der Waals surface area contributed by atoms with E-state index in [0.717, 1.165) is 19.3 Å². The molecule has 0 bridgehead atoms. The molecule has 1 aliphatic heterocycles.